The third-order valence-corrected chi connectivity index (χ3v) is 10.3. The second-order valence-electron chi connectivity index (χ2n) is 15.5. The van der Waals surface area contributed by atoms with E-state index in [1.54, 1.807) is 44.2 Å². The van der Waals surface area contributed by atoms with Gasteiger partial charge < -0.3 is 40.9 Å². The van der Waals surface area contributed by atoms with Gasteiger partial charge in [-0.3, -0.25) is 33.6 Å². The van der Waals surface area contributed by atoms with E-state index in [4.69, 9.17) is 9.84 Å². The molecular weight excluding hydrogens is 768 g/mol. The molecule has 1 fully saturated rings. The molecule has 1 aromatic carbocycles. The topological polar surface area (TPSA) is 264 Å². The van der Waals surface area contributed by atoms with Crippen LogP contribution in [0.4, 0.5) is 4.79 Å². The van der Waals surface area contributed by atoms with Gasteiger partial charge in [-0.05, 0) is 59.1 Å². The van der Waals surface area contributed by atoms with Gasteiger partial charge in [0, 0.05) is 32.5 Å². The average molecular weight is 825 g/mol. The molecule has 6 amide bonds. The minimum Gasteiger partial charge on any atom is -0.480 e. The third kappa shape index (κ3) is 13.0. The molecular formula is C39H56N10O10. The zero-order chi connectivity index (χ0) is 43.2. The van der Waals surface area contributed by atoms with Gasteiger partial charge in [-0.2, -0.15) is 0 Å². The monoisotopic (exact) mass is 824 g/mol. The molecule has 0 bridgehead atoms. The molecule has 0 spiro atoms. The van der Waals surface area contributed by atoms with Crippen LogP contribution in [0.5, 0.6) is 0 Å². The van der Waals surface area contributed by atoms with Gasteiger partial charge in [0.2, 0.25) is 29.4 Å². The SMILES string of the molecule is CCCC(NC(=O)[C@@H]1C[C@@H](OC(=O)N2CCc3ccccc3C2)CN1C(=O)[C@@H](NC(=O)[C@@H](NC(=O)CCCCn1cnnn1)C(C)C)C(C)C)C(=O)C(=O)NCC(=O)O. The average Bonchev–Trinajstić information content (AvgIpc) is 3.89. The van der Waals surface area contributed by atoms with Crippen molar-refractivity contribution in [1.82, 2.24) is 51.3 Å². The minimum atomic E-state index is -1.36. The molecule has 20 heteroatoms. The number of unbranched alkanes of at least 4 members (excludes halogenated alkanes) is 1. The standard InChI is InChI=1S/C39H56N10O10/c1-6-11-28(34(53)37(56)40-19-31(51)52)42-35(54)29-18-27(59-39(58)47-17-15-25-12-7-8-13-26(25)20-47)21-49(29)38(57)33(24(4)5)44-36(55)32(23(2)3)43-30(50)14-9-10-16-48-22-41-45-46-48/h7-8,12-13,22-24,27-29,32-33H,6,9-11,14-21H2,1-5H3,(H,40,56)(H,42,54)(H,43,50)(H,44,55)(H,51,52)/t27-,28?,29+,32+,33+/m1/s1. The number of benzene rings is 1. The van der Waals surface area contributed by atoms with Crippen molar-refractivity contribution in [2.75, 3.05) is 19.6 Å². The Hall–Kier alpha value is -5.95. The summed E-state index contributed by atoms with van der Waals surface area (Å²) in [5.74, 6) is -6.91. The van der Waals surface area contributed by atoms with Crippen molar-refractivity contribution in [2.24, 2.45) is 11.8 Å². The van der Waals surface area contributed by atoms with E-state index < -0.39 is 84.2 Å². The first-order chi connectivity index (χ1) is 28.1. The second kappa shape index (κ2) is 21.7. The van der Waals surface area contributed by atoms with Crippen molar-refractivity contribution in [3.63, 3.8) is 0 Å². The fraction of sp³-hybridized carbons (Fsp3) is 0.615. The number of nitrogens with zero attached hydrogens (tertiary/aromatic N) is 6. The second-order valence-corrected chi connectivity index (χ2v) is 15.5. The number of nitrogens with one attached hydrogen (secondary N) is 4. The highest BCUT2D eigenvalue weighted by atomic mass is 16.6. The van der Waals surface area contributed by atoms with E-state index in [2.05, 4.69) is 31.5 Å². The van der Waals surface area contributed by atoms with Crippen LogP contribution in [0.25, 0.3) is 0 Å². The molecule has 1 aromatic heterocycles. The Bertz CT molecular complexity index is 1820. The molecule has 0 radical (unpaired) electrons. The van der Waals surface area contributed by atoms with Crippen molar-refractivity contribution < 1.29 is 48.2 Å². The number of ether oxygens (including phenoxy) is 1. The van der Waals surface area contributed by atoms with Gasteiger partial charge in [0.1, 0.15) is 37.1 Å². The van der Waals surface area contributed by atoms with Crippen molar-refractivity contribution in [3.8, 4) is 0 Å². The lowest BCUT2D eigenvalue weighted by Crippen LogP contribution is -2.59. The van der Waals surface area contributed by atoms with Crippen LogP contribution in [0.3, 0.4) is 0 Å². The van der Waals surface area contributed by atoms with Crippen LogP contribution in [0.15, 0.2) is 30.6 Å². The molecule has 2 aromatic rings. The predicted molar refractivity (Wildman–Crippen MR) is 209 cm³/mol. The van der Waals surface area contributed by atoms with Crippen molar-refractivity contribution in [2.45, 2.75) is 123 Å². The zero-order valence-electron chi connectivity index (χ0n) is 34.2. The fourth-order valence-corrected chi connectivity index (χ4v) is 7.03. The number of aryl methyl sites for hydroxylation is 1. The number of carboxylic acid groups (broad SMARTS) is 1. The van der Waals surface area contributed by atoms with Crippen LogP contribution < -0.4 is 21.3 Å². The zero-order valence-corrected chi connectivity index (χ0v) is 34.2. The number of ketones is 1. The van der Waals surface area contributed by atoms with Gasteiger partial charge in [-0.25, -0.2) is 9.48 Å². The molecule has 1 unspecified atom stereocenters. The Morgan fingerprint density at radius 2 is 1.64 bits per heavy atom. The molecule has 0 aliphatic carbocycles. The number of fused-ring (bicyclic) bond motifs is 1. The fourth-order valence-electron chi connectivity index (χ4n) is 7.03. The quantitative estimate of drug-likeness (QED) is 0.0893. The Labute approximate surface area is 342 Å². The van der Waals surface area contributed by atoms with Crippen LogP contribution in [-0.2, 0) is 57.8 Å². The van der Waals surface area contributed by atoms with Gasteiger partial charge in [0.05, 0.1) is 12.6 Å². The van der Waals surface area contributed by atoms with Crippen LogP contribution in [-0.4, -0.2) is 132 Å². The van der Waals surface area contributed by atoms with E-state index in [0.717, 1.165) is 11.1 Å². The minimum absolute atomic E-state index is 0.0346. The Morgan fingerprint density at radius 3 is 2.29 bits per heavy atom. The number of carboxylic acids is 1. The number of tetrazole rings is 1. The number of aliphatic carboxylic acids is 1. The molecule has 3 heterocycles. The summed E-state index contributed by atoms with van der Waals surface area (Å²) in [4.78, 5) is 108. The smallest absolute Gasteiger partial charge is 0.410 e. The first-order valence-electron chi connectivity index (χ1n) is 20.1. The van der Waals surface area contributed by atoms with Gasteiger partial charge in [0.15, 0.2) is 0 Å². The number of aromatic nitrogens is 4. The van der Waals surface area contributed by atoms with E-state index >= 15 is 0 Å². The molecule has 4 rings (SSSR count). The molecule has 5 atom stereocenters. The van der Waals surface area contributed by atoms with Crippen LogP contribution in [0.2, 0.25) is 0 Å². The number of hydrogen-bond acceptors (Lipinski definition) is 12. The van der Waals surface area contributed by atoms with E-state index in [1.807, 2.05) is 29.6 Å². The first-order valence-corrected chi connectivity index (χ1v) is 20.1. The number of amides is 6. The summed E-state index contributed by atoms with van der Waals surface area (Å²) >= 11 is 0. The molecule has 1 saturated heterocycles. The number of hydrogen-bond donors (Lipinski definition) is 5. The number of carbonyl (C=O) groups is 8. The van der Waals surface area contributed by atoms with Crippen molar-refractivity contribution in [1.29, 1.82) is 0 Å². The molecule has 5 N–H and O–H groups in total. The molecule has 322 valence electrons. The van der Waals surface area contributed by atoms with Gasteiger partial charge in [-0.15, -0.1) is 5.10 Å². The summed E-state index contributed by atoms with van der Waals surface area (Å²) in [7, 11) is 0. The van der Waals surface area contributed by atoms with Crippen LogP contribution in [0, 0.1) is 11.8 Å². The lowest BCUT2D eigenvalue weighted by molar-refractivity contribution is -0.145. The summed E-state index contributed by atoms with van der Waals surface area (Å²) in [6, 6.07) is 2.92. The van der Waals surface area contributed by atoms with E-state index in [1.165, 1.54) is 11.2 Å². The third-order valence-electron chi connectivity index (χ3n) is 10.3. The normalized spacial score (nSPS) is 17.7. The Balaban J connectivity index is 1.50. The molecule has 59 heavy (non-hydrogen) atoms. The van der Waals surface area contributed by atoms with Gasteiger partial charge in [0.25, 0.3) is 5.91 Å². The van der Waals surface area contributed by atoms with Crippen LogP contribution >= 0.6 is 0 Å². The first kappa shape index (κ1) is 45.7. The highest BCUT2D eigenvalue weighted by molar-refractivity contribution is 6.38. The maximum Gasteiger partial charge on any atom is 0.410 e. The number of rotatable bonds is 20. The Kier molecular flexibility index (Phi) is 16.8. The molecule has 20 nitrogen and oxygen atoms in total. The summed E-state index contributed by atoms with van der Waals surface area (Å²) < 4.78 is 7.44. The highest BCUT2D eigenvalue weighted by Gasteiger charge is 2.46. The lowest BCUT2D eigenvalue weighted by atomic mass is 9.98. The number of carbonyl (C=O) groups excluding carboxylic acids is 7. The maximum atomic E-state index is 14.5. The predicted octanol–water partition coefficient (Wildman–Crippen LogP) is 0.344. The van der Waals surface area contributed by atoms with Crippen molar-refractivity contribution >= 4 is 47.4 Å². The Morgan fingerprint density at radius 1 is 0.932 bits per heavy atom. The summed E-state index contributed by atoms with van der Waals surface area (Å²) in [5, 5.41) is 30.0. The van der Waals surface area contributed by atoms with E-state index in [9.17, 15) is 38.4 Å². The number of Topliss-reactive ketones (excluding diaryl/α,β-unsaturated/α-hetero) is 1. The summed E-state index contributed by atoms with van der Waals surface area (Å²) in [5.41, 5.74) is 2.10. The maximum absolute atomic E-state index is 14.5. The van der Waals surface area contributed by atoms with Gasteiger partial charge in [-0.1, -0.05) is 65.3 Å². The highest BCUT2D eigenvalue weighted by Crippen LogP contribution is 2.26. The molecule has 0 saturated carbocycles. The molecule has 2 aliphatic rings. The largest absolute Gasteiger partial charge is 0.480 e. The van der Waals surface area contributed by atoms with Crippen molar-refractivity contribution in [3.05, 3.63) is 41.7 Å². The van der Waals surface area contributed by atoms with Crippen LogP contribution in [0.1, 0.15) is 84.3 Å². The molecule has 2 aliphatic heterocycles. The summed E-state index contributed by atoms with van der Waals surface area (Å²) in [6.07, 6.45) is 2.04. The lowest BCUT2D eigenvalue weighted by Gasteiger charge is -2.32. The summed E-state index contributed by atoms with van der Waals surface area (Å²) in [6.45, 7) is 8.87. The van der Waals surface area contributed by atoms with E-state index in [0.29, 0.717) is 45.3 Å². The van der Waals surface area contributed by atoms with E-state index in [-0.39, 0.29) is 37.6 Å². The van der Waals surface area contributed by atoms with Gasteiger partial charge >= 0.3 is 12.1 Å². The number of likely N-dealkylation sites (tertiary alicyclic amines) is 1.